The molecular weight excluding hydrogens is 263 g/mol. The zero-order valence-corrected chi connectivity index (χ0v) is 12.3. The van der Waals surface area contributed by atoms with Crippen LogP contribution in [0, 0.1) is 23.1 Å². The molecule has 0 fully saturated rings. The highest BCUT2D eigenvalue weighted by Gasteiger charge is 2.16. The molecule has 1 N–H and O–H groups in total. The summed E-state index contributed by atoms with van der Waals surface area (Å²) in [5, 5.41) is 12.5. The second kappa shape index (κ2) is 6.90. The predicted octanol–water partition coefficient (Wildman–Crippen LogP) is 4.90. The highest BCUT2D eigenvalue weighted by Crippen LogP contribution is 2.28. The van der Waals surface area contributed by atoms with E-state index in [2.05, 4.69) is 19.2 Å². The number of rotatable bonds is 5. The van der Waals surface area contributed by atoms with Gasteiger partial charge >= 0.3 is 0 Å². The van der Waals surface area contributed by atoms with Gasteiger partial charge in [-0.05, 0) is 30.0 Å². The van der Waals surface area contributed by atoms with Gasteiger partial charge in [-0.15, -0.1) is 0 Å². The maximum absolute atomic E-state index is 13.7. The van der Waals surface area contributed by atoms with Crippen molar-refractivity contribution in [3.05, 3.63) is 65.5 Å². The first-order chi connectivity index (χ1) is 10.1. The van der Waals surface area contributed by atoms with E-state index in [1.54, 1.807) is 12.1 Å². The van der Waals surface area contributed by atoms with Crippen LogP contribution in [0.5, 0.6) is 0 Å². The fourth-order valence-electron chi connectivity index (χ4n) is 2.38. The number of benzene rings is 2. The summed E-state index contributed by atoms with van der Waals surface area (Å²) in [4.78, 5) is 0. The van der Waals surface area contributed by atoms with Gasteiger partial charge in [0.15, 0.2) is 0 Å². The molecule has 2 rings (SSSR count). The number of hydrogen-bond acceptors (Lipinski definition) is 2. The average molecular weight is 282 g/mol. The standard InChI is InChI=1S/C18H19FN2/c1-13(2)11-18(14-7-4-3-5-8-14)21-17-10-6-9-16(19)15(17)12-20/h3-10,13,18,21H,11H2,1-2H3. The summed E-state index contributed by atoms with van der Waals surface area (Å²) in [5.41, 5.74) is 1.76. The molecule has 0 aromatic heterocycles. The van der Waals surface area contributed by atoms with Crippen molar-refractivity contribution in [2.45, 2.75) is 26.3 Å². The van der Waals surface area contributed by atoms with Crippen molar-refractivity contribution in [3.63, 3.8) is 0 Å². The Morgan fingerprint density at radius 1 is 1.10 bits per heavy atom. The Morgan fingerprint density at radius 3 is 2.43 bits per heavy atom. The molecule has 2 aromatic carbocycles. The zero-order chi connectivity index (χ0) is 15.2. The molecule has 108 valence electrons. The topological polar surface area (TPSA) is 35.8 Å². The Hall–Kier alpha value is -2.34. The molecule has 0 heterocycles. The van der Waals surface area contributed by atoms with Crippen molar-refractivity contribution in [2.24, 2.45) is 5.92 Å². The van der Waals surface area contributed by atoms with Gasteiger partial charge in [0.05, 0.1) is 11.7 Å². The van der Waals surface area contributed by atoms with Crippen LogP contribution in [0.3, 0.4) is 0 Å². The van der Waals surface area contributed by atoms with Gasteiger partial charge in [-0.1, -0.05) is 50.2 Å². The van der Waals surface area contributed by atoms with Crippen LogP contribution >= 0.6 is 0 Å². The van der Waals surface area contributed by atoms with E-state index < -0.39 is 5.82 Å². The van der Waals surface area contributed by atoms with Crippen LogP contribution in [0.25, 0.3) is 0 Å². The third-order valence-corrected chi connectivity index (χ3v) is 3.36. The van der Waals surface area contributed by atoms with Crippen LogP contribution in [0.4, 0.5) is 10.1 Å². The Bertz CT molecular complexity index is 629. The fourth-order valence-corrected chi connectivity index (χ4v) is 2.38. The summed E-state index contributed by atoms with van der Waals surface area (Å²) in [6.07, 6.45) is 0.908. The normalized spacial score (nSPS) is 12.0. The summed E-state index contributed by atoms with van der Waals surface area (Å²) in [5.74, 6) is 0.000611. The molecule has 0 aliphatic rings. The molecule has 0 aliphatic heterocycles. The summed E-state index contributed by atoms with van der Waals surface area (Å²) < 4.78 is 13.7. The zero-order valence-electron chi connectivity index (χ0n) is 12.3. The van der Waals surface area contributed by atoms with Crippen molar-refractivity contribution in [1.82, 2.24) is 0 Å². The predicted molar refractivity (Wildman–Crippen MR) is 83.4 cm³/mol. The fraction of sp³-hybridized carbons (Fsp3) is 0.278. The molecule has 0 spiro atoms. The van der Waals surface area contributed by atoms with E-state index in [1.165, 1.54) is 6.07 Å². The lowest BCUT2D eigenvalue weighted by Gasteiger charge is -2.23. The van der Waals surface area contributed by atoms with Crippen LogP contribution in [0.1, 0.15) is 37.4 Å². The molecule has 2 aromatic rings. The van der Waals surface area contributed by atoms with E-state index in [0.717, 1.165) is 12.0 Å². The lowest BCUT2D eigenvalue weighted by molar-refractivity contribution is 0.530. The molecule has 1 unspecified atom stereocenters. The minimum atomic E-state index is -0.487. The molecule has 1 atom stereocenters. The Balaban J connectivity index is 2.32. The van der Waals surface area contributed by atoms with Crippen LogP contribution in [0.2, 0.25) is 0 Å². The van der Waals surface area contributed by atoms with Crippen LogP contribution in [-0.2, 0) is 0 Å². The third kappa shape index (κ3) is 3.82. The van der Waals surface area contributed by atoms with E-state index in [4.69, 9.17) is 5.26 Å². The number of nitriles is 1. The molecule has 0 radical (unpaired) electrons. The highest BCUT2D eigenvalue weighted by molar-refractivity contribution is 5.59. The summed E-state index contributed by atoms with van der Waals surface area (Å²) in [6, 6.07) is 16.7. The minimum Gasteiger partial charge on any atom is -0.377 e. The number of nitrogens with one attached hydrogen (secondary N) is 1. The largest absolute Gasteiger partial charge is 0.377 e. The first-order valence-corrected chi connectivity index (χ1v) is 7.12. The first kappa shape index (κ1) is 15.1. The highest BCUT2D eigenvalue weighted by atomic mass is 19.1. The van der Waals surface area contributed by atoms with Gasteiger partial charge in [0.1, 0.15) is 17.4 Å². The summed E-state index contributed by atoms with van der Waals surface area (Å²) in [6.45, 7) is 4.29. The summed E-state index contributed by atoms with van der Waals surface area (Å²) in [7, 11) is 0. The lowest BCUT2D eigenvalue weighted by atomic mass is 9.96. The third-order valence-electron chi connectivity index (χ3n) is 3.36. The van der Waals surface area contributed by atoms with Crippen LogP contribution in [0.15, 0.2) is 48.5 Å². The maximum Gasteiger partial charge on any atom is 0.143 e. The number of nitrogens with zero attached hydrogens (tertiary/aromatic N) is 1. The van der Waals surface area contributed by atoms with Crippen LogP contribution < -0.4 is 5.32 Å². The van der Waals surface area contributed by atoms with Crippen molar-refractivity contribution < 1.29 is 4.39 Å². The van der Waals surface area contributed by atoms with Gasteiger partial charge in [0.25, 0.3) is 0 Å². The SMILES string of the molecule is CC(C)CC(Nc1cccc(F)c1C#N)c1ccccc1. The average Bonchev–Trinajstić information content (AvgIpc) is 2.47. The molecule has 0 aliphatic carbocycles. The monoisotopic (exact) mass is 282 g/mol. The van der Waals surface area contributed by atoms with E-state index >= 15 is 0 Å². The minimum absolute atomic E-state index is 0.0556. The molecule has 0 bridgehead atoms. The van der Waals surface area contributed by atoms with E-state index in [0.29, 0.717) is 11.6 Å². The van der Waals surface area contributed by atoms with Crippen molar-refractivity contribution >= 4 is 5.69 Å². The number of halogens is 1. The number of hydrogen-bond donors (Lipinski definition) is 1. The van der Waals surface area contributed by atoms with Crippen LogP contribution in [-0.4, -0.2) is 0 Å². The van der Waals surface area contributed by atoms with Gasteiger partial charge in [-0.25, -0.2) is 4.39 Å². The number of anilines is 1. The van der Waals surface area contributed by atoms with Gasteiger partial charge in [0.2, 0.25) is 0 Å². The van der Waals surface area contributed by atoms with Gasteiger partial charge < -0.3 is 5.32 Å². The van der Waals surface area contributed by atoms with E-state index in [-0.39, 0.29) is 11.6 Å². The summed E-state index contributed by atoms with van der Waals surface area (Å²) >= 11 is 0. The van der Waals surface area contributed by atoms with Gasteiger partial charge in [0, 0.05) is 0 Å². The molecule has 21 heavy (non-hydrogen) atoms. The Labute approximate surface area is 125 Å². The van der Waals surface area contributed by atoms with Gasteiger partial charge in [-0.3, -0.25) is 0 Å². The van der Waals surface area contributed by atoms with E-state index in [1.807, 2.05) is 36.4 Å². The lowest BCUT2D eigenvalue weighted by Crippen LogP contribution is -2.14. The molecule has 3 heteroatoms. The quantitative estimate of drug-likeness (QED) is 0.847. The van der Waals surface area contributed by atoms with Crippen molar-refractivity contribution in [2.75, 3.05) is 5.32 Å². The smallest absolute Gasteiger partial charge is 0.143 e. The molecule has 2 nitrogen and oxygen atoms in total. The first-order valence-electron chi connectivity index (χ1n) is 7.12. The maximum atomic E-state index is 13.7. The van der Waals surface area contributed by atoms with Gasteiger partial charge in [-0.2, -0.15) is 5.26 Å². The second-order valence-corrected chi connectivity index (χ2v) is 5.51. The molecular formula is C18H19FN2. The second-order valence-electron chi connectivity index (χ2n) is 5.51. The molecule has 0 amide bonds. The van der Waals surface area contributed by atoms with E-state index in [9.17, 15) is 4.39 Å². The Kier molecular flexibility index (Phi) is 4.94. The van der Waals surface area contributed by atoms with Crippen molar-refractivity contribution in [1.29, 1.82) is 5.26 Å². The molecule has 0 saturated carbocycles. The van der Waals surface area contributed by atoms with Crippen molar-refractivity contribution in [3.8, 4) is 6.07 Å². The Morgan fingerprint density at radius 2 is 1.81 bits per heavy atom. The molecule has 0 saturated heterocycles.